The largest absolute Gasteiger partial charge is 0.483 e. The van der Waals surface area contributed by atoms with Gasteiger partial charge >= 0.3 is 5.97 Å². The molecule has 3 aliphatic heterocycles. The number of rotatable bonds is 29. The maximum Gasteiger partial charge on any atom is 0.313 e. The van der Waals surface area contributed by atoms with E-state index in [1.807, 2.05) is 100 Å². The number of epoxide rings is 1. The van der Waals surface area contributed by atoms with Gasteiger partial charge in [0.2, 0.25) is 11.8 Å². The lowest BCUT2D eigenvalue weighted by molar-refractivity contribution is -0.940. The molecular formula is C56H77N6O10+. The molecule has 0 aromatic heterocycles. The number of benzene rings is 3. The third-order valence-corrected chi connectivity index (χ3v) is 13.5. The highest BCUT2D eigenvalue weighted by Gasteiger charge is 2.50. The van der Waals surface area contributed by atoms with E-state index in [9.17, 15) is 28.8 Å². The number of Topliss-reactive ketones (excluding diaryl/α,β-unsaturated/α-hetero) is 3. The summed E-state index contributed by atoms with van der Waals surface area (Å²) in [5.74, 6) is -2.89. The molecule has 0 saturated carbocycles. The van der Waals surface area contributed by atoms with Gasteiger partial charge < -0.3 is 44.9 Å². The molecule has 3 aromatic rings. The van der Waals surface area contributed by atoms with Crippen molar-refractivity contribution in [1.29, 1.82) is 0 Å². The first-order chi connectivity index (χ1) is 34.4. The summed E-state index contributed by atoms with van der Waals surface area (Å²) in [6.07, 6.45) is 3.43. The topological polar surface area (TPSA) is 203 Å². The van der Waals surface area contributed by atoms with Crippen LogP contribution in [0.5, 0.6) is 11.5 Å². The van der Waals surface area contributed by atoms with Gasteiger partial charge in [0.25, 0.3) is 0 Å². The minimum atomic E-state index is -0.938. The Kier molecular flexibility index (Phi) is 20.1. The van der Waals surface area contributed by atoms with E-state index in [0.29, 0.717) is 81.1 Å². The summed E-state index contributed by atoms with van der Waals surface area (Å²) < 4.78 is 23.6. The third-order valence-electron chi connectivity index (χ3n) is 13.5. The summed E-state index contributed by atoms with van der Waals surface area (Å²) >= 11 is 0. The molecule has 2 amide bonds. The van der Waals surface area contributed by atoms with Crippen LogP contribution in [0.3, 0.4) is 0 Å². The molecule has 16 nitrogen and oxygen atoms in total. The van der Waals surface area contributed by atoms with Gasteiger partial charge in [-0.15, -0.1) is 0 Å². The van der Waals surface area contributed by atoms with Crippen molar-refractivity contribution in [3.8, 4) is 11.5 Å². The smallest absolute Gasteiger partial charge is 0.313 e. The van der Waals surface area contributed by atoms with Crippen molar-refractivity contribution in [2.75, 3.05) is 46.1 Å². The monoisotopic (exact) mass is 994 g/mol. The summed E-state index contributed by atoms with van der Waals surface area (Å²) in [5.41, 5.74) is 11.1. The lowest BCUT2D eigenvalue weighted by atomic mass is 9.87. The second kappa shape index (κ2) is 26.1. The quantitative estimate of drug-likeness (QED) is 0.0239. The molecule has 72 heavy (non-hydrogen) atoms. The Balaban J connectivity index is 1.21. The fraction of sp³-hybridized carbons (Fsp3) is 0.536. The lowest BCUT2D eigenvalue weighted by Gasteiger charge is -2.41. The zero-order valence-corrected chi connectivity index (χ0v) is 43.3. The molecule has 0 unspecified atom stereocenters. The standard InChI is InChI=1S/C56H76N6O10/c1-37(2)26-47(49(64)31-44(28-41-16-12-9-13-17-41)54(67)59-48(27-38(3)4)52(65)56(7)36-71-56)58-53(66)43(20-18-40-14-10-8-11-15-40)30-46(63)34-62(22-24-69-25-23-62)33-42-19-21-50(72-55(68)39(5)6)51(29-42)70-35-45-32-57-61-60-45/h8-17,19,21,29,32,37-39,43-44,47-48,57,60-61H,18,20,22-28,30-31,33-36H2,1-7H3,(H-,58,59,66,67)/p+1/t43-,44-,47+,48+,56-/m1/s1. The minimum Gasteiger partial charge on any atom is -0.483 e. The van der Waals surface area contributed by atoms with Crippen molar-refractivity contribution < 1.29 is 52.2 Å². The Bertz CT molecular complexity index is 2350. The van der Waals surface area contributed by atoms with Crippen molar-refractivity contribution in [2.24, 2.45) is 29.6 Å². The second-order valence-electron chi connectivity index (χ2n) is 21.2. The molecule has 0 radical (unpaired) electrons. The summed E-state index contributed by atoms with van der Waals surface area (Å²) in [6, 6.07) is 23.0. The highest BCUT2D eigenvalue weighted by molar-refractivity contribution is 5.98. The molecule has 6 rings (SSSR count). The van der Waals surface area contributed by atoms with Gasteiger partial charge in [0, 0.05) is 36.4 Å². The molecule has 5 N–H and O–H groups in total. The Morgan fingerprint density at radius 2 is 1.38 bits per heavy atom. The van der Waals surface area contributed by atoms with Crippen LogP contribution in [-0.2, 0) is 57.6 Å². The average molecular weight is 994 g/mol. The third kappa shape index (κ3) is 16.8. The number of carbonyl (C=O) groups is 6. The number of aryl methyl sites for hydroxylation is 1. The maximum absolute atomic E-state index is 14.7. The zero-order chi connectivity index (χ0) is 51.8. The first-order valence-electron chi connectivity index (χ1n) is 25.7. The van der Waals surface area contributed by atoms with Crippen LogP contribution in [-0.4, -0.2) is 103 Å². The van der Waals surface area contributed by atoms with Crippen LogP contribution in [0, 0.1) is 29.6 Å². The molecule has 3 aliphatic rings. The van der Waals surface area contributed by atoms with Crippen LogP contribution >= 0.6 is 0 Å². The summed E-state index contributed by atoms with van der Waals surface area (Å²) in [7, 11) is 0. The number of hydrogen-bond donors (Lipinski definition) is 5. The van der Waals surface area contributed by atoms with Crippen molar-refractivity contribution in [1.82, 2.24) is 27.0 Å². The van der Waals surface area contributed by atoms with Gasteiger partial charge in [0.05, 0.1) is 43.5 Å². The van der Waals surface area contributed by atoms with Gasteiger partial charge in [-0.1, -0.05) is 102 Å². The van der Waals surface area contributed by atoms with Gasteiger partial charge in [-0.2, -0.15) is 5.53 Å². The Morgan fingerprint density at radius 1 is 0.750 bits per heavy atom. The van der Waals surface area contributed by atoms with E-state index in [1.54, 1.807) is 33.0 Å². The second-order valence-corrected chi connectivity index (χ2v) is 21.2. The summed E-state index contributed by atoms with van der Waals surface area (Å²) in [6.45, 7) is 16.3. The number of ketones is 3. The molecule has 3 aromatic carbocycles. The number of hydrogen-bond acceptors (Lipinski definition) is 13. The fourth-order valence-electron chi connectivity index (χ4n) is 9.28. The molecular weight excluding hydrogens is 917 g/mol. The number of carbonyl (C=O) groups excluding carboxylic acids is 6. The van der Waals surface area contributed by atoms with Crippen molar-refractivity contribution in [3.05, 3.63) is 107 Å². The zero-order valence-electron chi connectivity index (χ0n) is 43.3. The van der Waals surface area contributed by atoms with Gasteiger partial charge in [-0.25, -0.2) is 0 Å². The Hall–Kier alpha value is -5.94. The number of ether oxygens (including phenoxy) is 4. The van der Waals surface area contributed by atoms with E-state index in [2.05, 4.69) is 27.0 Å². The van der Waals surface area contributed by atoms with E-state index in [-0.39, 0.29) is 73.4 Å². The van der Waals surface area contributed by atoms with E-state index in [0.717, 1.165) is 22.4 Å². The lowest BCUT2D eigenvalue weighted by Crippen LogP contribution is -2.57. The van der Waals surface area contributed by atoms with E-state index in [1.165, 1.54) is 0 Å². The first kappa shape index (κ1) is 55.4. The molecule has 16 heteroatoms. The molecule has 2 saturated heterocycles. The summed E-state index contributed by atoms with van der Waals surface area (Å²) in [4.78, 5) is 84.4. The highest BCUT2D eigenvalue weighted by atomic mass is 16.6. The van der Waals surface area contributed by atoms with Crippen molar-refractivity contribution in [3.63, 3.8) is 0 Å². The van der Waals surface area contributed by atoms with Gasteiger partial charge in [-0.05, 0) is 80.2 Å². The van der Waals surface area contributed by atoms with E-state index < -0.39 is 41.4 Å². The van der Waals surface area contributed by atoms with E-state index >= 15 is 0 Å². The summed E-state index contributed by atoms with van der Waals surface area (Å²) in [5, 5.41) is 6.10. The van der Waals surface area contributed by atoms with Crippen LogP contribution in [0.15, 0.2) is 90.8 Å². The van der Waals surface area contributed by atoms with Crippen LogP contribution in [0.1, 0.15) is 97.3 Å². The minimum absolute atomic E-state index is 0.00998. The van der Waals surface area contributed by atoms with Gasteiger partial charge in [0.1, 0.15) is 38.4 Å². The Morgan fingerprint density at radius 3 is 1.99 bits per heavy atom. The highest BCUT2D eigenvalue weighted by Crippen LogP contribution is 2.33. The fourth-order valence-corrected chi connectivity index (χ4v) is 9.28. The number of hydrazine groups is 2. The van der Waals surface area contributed by atoms with Crippen LogP contribution in [0.2, 0.25) is 0 Å². The number of morpholine rings is 1. The first-order valence-corrected chi connectivity index (χ1v) is 25.7. The molecule has 0 bridgehead atoms. The number of amides is 2. The number of esters is 1. The van der Waals surface area contributed by atoms with Crippen molar-refractivity contribution >= 4 is 35.1 Å². The molecule has 390 valence electrons. The SMILES string of the molecule is CC(C)C[C@H](NC(=O)[C@H](CCc1ccccc1)CC(=O)C[N+]1(Cc2ccc(OC(=O)C(C)C)c(OCC3=CNNN3)c2)CCOCC1)C(=O)C[C@@H](Cc1ccccc1)C(=O)N[C@@H](CC(C)C)C(=O)[C@@]1(C)CO1. The van der Waals surface area contributed by atoms with Gasteiger partial charge in [-0.3, -0.25) is 28.8 Å². The van der Waals surface area contributed by atoms with Crippen LogP contribution < -0.4 is 36.5 Å². The van der Waals surface area contributed by atoms with Crippen LogP contribution in [0.4, 0.5) is 0 Å². The average Bonchev–Trinajstić information content (AvgIpc) is 3.88. The molecule has 0 aliphatic carbocycles. The molecule has 2 fully saturated rings. The predicted molar refractivity (Wildman–Crippen MR) is 273 cm³/mol. The number of nitrogens with one attached hydrogen (secondary N) is 5. The molecule has 5 atom stereocenters. The molecule has 0 spiro atoms. The van der Waals surface area contributed by atoms with Crippen molar-refractivity contribution in [2.45, 2.75) is 118 Å². The normalized spacial score (nSPS) is 18.7. The van der Waals surface area contributed by atoms with Gasteiger partial charge in [0.15, 0.2) is 28.8 Å². The maximum atomic E-state index is 14.7. The predicted octanol–water partition coefficient (Wildman–Crippen LogP) is 5.87. The Labute approximate surface area is 425 Å². The molecule has 3 heterocycles. The van der Waals surface area contributed by atoms with E-state index in [4.69, 9.17) is 18.9 Å². The number of quaternary nitrogens is 1. The number of nitrogens with zero attached hydrogens (tertiary/aromatic N) is 1. The van der Waals surface area contributed by atoms with Crippen LogP contribution in [0.25, 0.3) is 0 Å².